The summed E-state index contributed by atoms with van der Waals surface area (Å²) in [6.07, 6.45) is 14.3. The molecule has 2 fully saturated rings. The molecule has 2 rings (SSSR count). The van der Waals surface area contributed by atoms with Crippen LogP contribution in [0.5, 0.6) is 0 Å². The lowest BCUT2D eigenvalue weighted by atomic mass is 9.88. The number of hydrogen-bond acceptors (Lipinski definition) is 2. The van der Waals surface area contributed by atoms with E-state index in [4.69, 9.17) is 0 Å². The van der Waals surface area contributed by atoms with Crippen molar-refractivity contribution in [3.05, 3.63) is 0 Å². The molecule has 1 N–H and O–H groups in total. The van der Waals surface area contributed by atoms with Gasteiger partial charge < -0.3 is 10.2 Å². The van der Waals surface area contributed by atoms with Gasteiger partial charge in [-0.1, -0.05) is 39.0 Å². The van der Waals surface area contributed by atoms with Crippen LogP contribution in [-0.2, 0) is 0 Å². The van der Waals surface area contributed by atoms with Gasteiger partial charge >= 0.3 is 0 Å². The number of rotatable bonds is 8. The average Bonchev–Trinajstić information content (AvgIpc) is 2.97. The maximum atomic E-state index is 3.69. The Balaban J connectivity index is 1.49. The van der Waals surface area contributed by atoms with Crippen molar-refractivity contribution in [3.8, 4) is 0 Å². The van der Waals surface area contributed by atoms with Gasteiger partial charge in [-0.05, 0) is 64.2 Å². The van der Waals surface area contributed by atoms with Crippen LogP contribution in [-0.4, -0.2) is 37.1 Å². The number of likely N-dealkylation sites (tertiary alicyclic amines) is 1. The molecule has 2 aliphatic rings. The molecule has 0 aliphatic carbocycles. The van der Waals surface area contributed by atoms with Crippen LogP contribution in [0.3, 0.4) is 0 Å². The lowest BCUT2D eigenvalue weighted by Gasteiger charge is -2.34. The summed E-state index contributed by atoms with van der Waals surface area (Å²) in [4.78, 5) is 2.71. The highest BCUT2D eigenvalue weighted by Crippen LogP contribution is 2.25. The molecule has 1 unspecified atom stereocenters. The van der Waals surface area contributed by atoms with Crippen LogP contribution in [0, 0.1) is 5.92 Å². The summed E-state index contributed by atoms with van der Waals surface area (Å²) in [5.74, 6) is 0.975. The fourth-order valence-electron chi connectivity index (χ4n) is 3.81. The van der Waals surface area contributed by atoms with Crippen LogP contribution in [0.1, 0.15) is 71.1 Å². The molecule has 2 heterocycles. The van der Waals surface area contributed by atoms with E-state index in [9.17, 15) is 0 Å². The highest BCUT2D eigenvalue weighted by atomic mass is 15.1. The standard InChI is InChI=1S/C17H34N2/c1-2-3-4-5-6-7-13-19-14-10-16(11-15-19)17-9-8-12-18-17/h16-18H,2-15H2,1H3. The van der Waals surface area contributed by atoms with Gasteiger partial charge in [0, 0.05) is 6.04 Å². The van der Waals surface area contributed by atoms with E-state index in [0.717, 1.165) is 12.0 Å². The molecule has 2 heteroatoms. The van der Waals surface area contributed by atoms with Crippen molar-refractivity contribution in [3.63, 3.8) is 0 Å². The number of unbranched alkanes of at least 4 members (excludes halogenated alkanes) is 5. The molecule has 0 spiro atoms. The molecule has 0 aromatic rings. The lowest BCUT2D eigenvalue weighted by molar-refractivity contribution is 0.161. The molecule has 0 aromatic heterocycles. The molecule has 0 bridgehead atoms. The van der Waals surface area contributed by atoms with Crippen molar-refractivity contribution >= 4 is 0 Å². The second-order valence-corrected chi connectivity index (χ2v) is 6.65. The van der Waals surface area contributed by atoms with E-state index in [1.807, 2.05) is 0 Å². The molecule has 0 aromatic carbocycles. The molecule has 112 valence electrons. The summed E-state index contributed by atoms with van der Waals surface area (Å²) in [6.45, 7) is 7.64. The summed E-state index contributed by atoms with van der Waals surface area (Å²) < 4.78 is 0. The van der Waals surface area contributed by atoms with E-state index in [1.165, 1.54) is 90.4 Å². The number of hydrogen-bond donors (Lipinski definition) is 1. The van der Waals surface area contributed by atoms with E-state index >= 15 is 0 Å². The van der Waals surface area contributed by atoms with E-state index in [2.05, 4.69) is 17.1 Å². The fraction of sp³-hybridized carbons (Fsp3) is 1.00. The first-order valence-electron chi connectivity index (χ1n) is 8.86. The Kier molecular flexibility index (Phi) is 7.23. The summed E-state index contributed by atoms with van der Waals surface area (Å²) in [7, 11) is 0. The molecule has 2 saturated heterocycles. The van der Waals surface area contributed by atoms with Gasteiger partial charge in [0.05, 0.1) is 0 Å². The van der Waals surface area contributed by atoms with Crippen molar-refractivity contribution < 1.29 is 0 Å². The van der Waals surface area contributed by atoms with Crippen LogP contribution in [0.15, 0.2) is 0 Å². The lowest BCUT2D eigenvalue weighted by Crippen LogP contribution is -2.41. The van der Waals surface area contributed by atoms with Gasteiger partial charge in [0.15, 0.2) is 0 Å². The highest BCUT2D eigenvalue weighted by molar-refractivity contribution is 4.85. The largest absolute Gasteiger partial charge is 0.314 e. The molecule has 1 atom stereocenters. The van der Waals surface area contributed by atoms with Crippen molar-refractivity contribution in [2.24, 2.45) is 5.92 Å². The van der Waals surface area contributed by atoms with Gasteiger partial charge in [-0.2, -0.15) is 0 Å². The van der Waals surface area contributed by atoms with Crippen LogP contribution in [0.25, 0.3) is 0 Å². The fourth-order valence-corrected chi connectivity index (χ4v) is 3.81. The van der Waals surface area contributed by atoms with Gasteiger partial charge in [0.1, 0.15) is 0 Å². The monoisotopic (exact) mass is 266 g/mol. The molecule has 2 nitrogen and oxygen atoms in total. The normalized spacial score (nSPS) is 26.1. The molecule has 0 amide bonds. The molecule has 0 saturated carbocycles. The first-order chi connectivity index (χ1) is 9.40. The Hall–Kier alpha value is -0.0800. The Morgan fingerprint density at radius 2 is 1.68 bits per heavy atom. The van der Waals surface area contributed by atoms with Gasteiger partial charge in [-0.25, -0.2) is 0 Å². The van der Waals surface area contributed by atoms with Crippen molar-refractivity contribution in [1.29, 1.82) is 0 Å². The van der Waals surface area contributed by atoms with E-state index in [1.54, 1.807) is 0 Å². The first kappa shape index (κ1) is 15.3. The minimum absolute atomic E-state index is 0.858. The Labute approximate surface area is 120 Å². The summed E-state index contributed by atoms with van der Waals surface area (Å²) in [5.41, 5.74) is 0. The van der Waals surface area contributed by atoms with E-state index < -0.39 is 0 Å². The zero-order valence-electron chi connectivity index (χ0n) is 13.0. The van der Waals surface area contributed by atoms with Gasteiger partial charge in [-0.15, -0.1) is 0 Å². The van der Waals surface area contributed by atoms with Gasteiger partial charge in [0.25, 0.3) is 0 Å². The molecule has 19 heavy (non-hydrogen) atoms. The van der Waals surface area contributed by atoms with Gasteiger partial charge in [-0.3, -0.25) is 0 Å². The topological polar surface area (TPSA) is 15.3 Å². The molecule has 2 aliphatic heterocycles. The zero-order chi connectivity index (χ0) is 13.3. The van der Waals surface area contributed by atoms with Crippen molar-refractivity contribution in [2.45, 2.75) is 77.2 Å². The van der Waals surface area contributed by atoms with Crippen LogP contribution in [0.4, 0.5) is 0 Å². The number of nitrogens with zero attached hydrogens (tertiary/aromatic N) is 1. The zero-order valence-corrected chi connectivity index (χ0v) is 13.0. The van der Waals surface area contributed by atoms with Crippen LogP contribution in [0.2, 0.25) is 0 Å². The average molecular weight is 266 g/mol. The summed E-state index contributed by atoms with van der Waals surface area (Å²) in [6, 6.07) is 0.858. The summed E-state index contributed by atoms with van der Waals surface area (Å²) >= 11 is 0. The highest BCUT2D eigenvalue weighted by Gasteiger charge is 2.27. The maximum absolute atomic E-state index is 3.69. The van der Waals surface area contributed by atoms with Crippen molar-refractivity contribution in [2.75, 3.05) is 26.2 Å². The second kappa shape index (κ2) is 8.97. The minimum atomic E-state index is 0.858. The van der Waals surface area contributed by atoms with Crippen LogP contribution < -0.4 is 5.32 Å². The molecule has 0 radical (unpaired) electrons. The molecular weight excluding hydrogens is 232 g/mol. The predicted octanol–water partition coefficient (Wildman–Crippen LogP) is 3.81. The van der Waals surface area contributed by atoms with E-state index in [0.29, 0.717) is 0 Å². The second-order valence-electron chi connectivity index (χ2n) is 6.65. The Morgan fingerprint density at radius 3 is 2.37 bits per heavy atom. The first-order valence-corrected chi connectivity index (χ1v) is 8.86. The van der Waals surface area contributed by atoms with Crippen LogP contribution >= 0.6 is 0 Å². The summed E-state index contributed by atoms with van der Waals surface area (Å²) in [5, 5.41) is 3.69. The number of piperidine rings is 1. The SMILES string of the molecule is CCCCCCCCN1CCC(C2CCCN2)CC1. The smallest absolute Gasteiger partial charge is 0.00967 e. The van der Waals surface area contributed by atoms with Crippen molar-refractivity contribution in [1.82, 2.24) is 10.2 Å². The van der Waals surface area contributed by atoms with Gasteiger partial charge in [0.2, 0.25) is 0 Å². The third-order valence-corrected chi connectivity index (χ3v) is 5.13. The minimum Gasteiger partial charge on any atom is -0.314 e. The maximum Gasteiger partial charge on any atom is 0.00967 e. The molecular formula is C17H34N2. The Bertz CT molecular complexity index is 215. The predicted molar refractivity (Wildman–Crippen MR) is 83.6 cm³/mol. The Morgan fingerprint density at radius 1 is 0.947 bits per heavy atom. The quantitative estimate of drug-likeness (QED) is 0.672. The number of nitrogens with one attached hydrogen (secondary N) is 1. The third-order valence-electron chi connectivity index (χ3n) is 5.13. The third kappa shape index (κ3) is 5.43. The van der Waals surface area contributed by atoms with E-state index in [-0.39, 0.29) is 0 Å².